The summed E-state index contributed by atoms with van der Waals surface area (Å²) in [7, 11) is 0. The molecule has 0 radical (unpaired) electrons. The maximum atomic E-state index is 13.2. The molecule has 0 unspecified atom stereocenters. The number of primary amides is 1. The van der Waals surface area contributed by atoms with Crippen molar-refractivity contribution in [3.05, 3.63) is 59.7 Å². The minimum absolute atomic E-state index is 0.129. The van der Waals surface area contributed by atoms with E-state index in [0.29, 0.717) is 29.7 Å². The Bertz CT molecular complexity index is 801. The van der Waals surface area contributed by atoms with Crippen LogP contribution < -0.4 is 15.4 Å². The molecule has 5 heteroatoms. The van der Waals surface area contributed by atoms with E-state index in [2.05, 4.69) is 19.9 Å². The SMILES string of the molecule is CC(C)[C@@H]1CN(C(=O)c2ccccc2OCC(N)=O)c2ccccc21. The highest BCUT2D eigenvalue weighted by Crippen LogP contribution is 2.41. The number of carbonyl (C=O) groups excluding carboxylic acids is 2. The maximum absolute atomic E-state index is 13.2. The van der Waals surface area contributed by atoms with Gasteiger partial charge in [-0.15, -0.1) is 0 Å². The molecule has 2 aromatic carbocycles. The lowest BCUT2D eigenvalue weighted by Crippen LogP contribution is -2.31. The van der Waals surface area contributed by atoms with E-state index in [1.807, 2.05) is 18.2 Å². The number of amides is 2. The number of nitrogens with two attached hydrogens (primary N) is 1. The zero-order valence-corrected chi connectivity index (χ0v) is 14.4. The molecule has 2 amide bonds. The quantitative estimate of drug-likeness (QED) is 0.911. The van der Waals surface area contributed by atoms with E-state index < -0.39 is 5.91 Å². The lowest BCUT2D eigenvalue weighted by atomic mass is 9.90. The highest BCUT2D eigenvalue weighted by Gasteiger charge is 2.34. The summed E-state index contributed by atoms with van der Waals surface area (Å²) in [5, 5.41) is 0. The molecule has 0 spiro atoms. The number of benzene rings is 2. The fourth-order valence-corrected chi connectivity index (χ4v) is 3.27. The Balaban J connectivity index is 1.93. The molecule has 1 aliphatic heterocycles. The summed E-state index contributed by atoms with van der Waals surface area (Å²) in [6, 6.07) is 14.9. The molecule has 0 saturated carbocycles. The van der Waals surface area contributed by atoms with Gasteiger partial charge in [0, 0.05) is 18.2 Å². The van der Waals surface area contributed by atoms with Crippen molar-refractivity contribution in [2.75, 3.05) is 18.1 Å². The van der Waals surface area contributed by atoms with Gasteiger partial charge in [0.1, 0.15) is 5.75 Å². The third-order valence-corrected chi connectivity index (χ3v) is 4.54. The van der Waals surface area contributed by atoms with Crippen LogP contribution >= 0.6 is 0 Å². The van der Waals surface area contributed by atoms with Gasteiger partial charge in [0.05, 0.1) is 5.56 Å². The van der Waals surface area contributed by atoms with Crippen molar-refractivity contribution < 1.29 is 14.3 Å². The van der Waals surface area contributed by atoms with Crippen molar-refractivity contribution in [3.8, 4) is 5.75 Å². The highest BCUT2D eigenvalue weighted by atomic mass is 16.5. The molecule has 0 bridgehead atoms. The third-order valence-electron chi connectivity index (χ3n) is 4.54. The van der Waals surface area contributed by atoms with Crippen molar-refractivity contribution >= 4 is 17.5 Å². The molecule has 0 saturated heterocycles. The summed E-state index contributed by atoms with van der Waals surface area (Å²) in [5.41, 5.74) is 7.71. The zero-order chi connectivity index (χ0) is 18.0. The summed E-state index contributed by atoms with van der Waals surface area (Å²) in [6.07, 6.45) is 0. The molecule has 25 heavy (non-hydrogen) atoms. The second kappa shape index (κ2) is 6.97. The number of carbonyl (C=O) groups is 2. The Kier molecular flexibility index (Phi) is 4.74. The van der Waals surface area contributed by atoms with Gasteiger partial charge in [-0.2, -0.15) is 0 Å². The molecule has 5 nitrogen and oxygen atoms in total. The van der Waals surface area contributed by atoms with Crippen molar-refractivity contribution in [2.45, 2.75) is 19.8 Å². The van der Waals surface area contributed by atoms with Crippen LogP contribution in [0.5, 0.6) is 5.75 Å². The van der Waals surface area contributed by atoms with Crippen LogP contribution in [0.3, 0.4) is 0 Å². The molecule has 2 aromatic rings. The minimum atomic E-state index is -0.575. The molecule has 2 N–H and O–H groups in total. The topological polar surface area (TPSA) is 72.6 Å². The minimum Gasteiger partial charge on any atom is -0.483 e. The number of rotatable bonds is 5. The summed E-state index contributed by atoms with van der Waals surface area (Å²) in [5.74, 6) is 0.403. The standard InChI is InChI=1S/C20H22N2O3/c1-13(2)16-11-22(17-9-5-3-7-14(16)17)20(24)15-8-4-6-10-18(15)25-12-19(21)23/h3-10,13,16H,11-12H2,1-2H3,(H2,21,23)/t16-/m0/s1. The van der Waals surface area contributed by atoms with E-state index >= 15 is 0 Å². The van der Waals surface area contributed by atoms with Crippen molar-refractivity contribution in [1.82, 2.24) is 0 Å². The summed E-state index contributed by atoms with van der Waals surface area (Å²) in [4.78, 5) is 26.0. The zero-order valence-electron chi connectivity index (χ0n) is 14.4. The number of para-hydroxylation sites is 2. The third kappa shape index (κ3) is 3.36. The van der Waals surface area contributed by atoms with Gasteiger partial charge in [0.25, 0.3) is 11.8 Å². The van der Waals surface area contributed by atoms with E-state index in [0.717, 1.165) is 5.69 Å². The van der Waals surface area contributed by atoms with Gasteiger partial charge in [-0.05, 0) is 29.7 Å². The molecule has 0 aromatic heterocycles. The van der Waals surface area contributed by atoms with Crippen LogP contribution in [0.25, 0.3) is 0 Å². The van der Waals surface area contributed by atoms with E-state index in [-0.39, 0.29) is 12.5 Å². The van der Waals surface area contributed by atoms with Crippen LogP contribution in [-0.2, 0) is 4.79 Å². The molecule has 1 atom stereocenters. The second-order valence-electron chi connectivity index (χ2n) is 6.58. The first-order chi connectivity index (χ1) is 12.0. The number of hydrogen-bond donors (Lipinski definition) is 1. The van der Waals surface area contributed by atoms with Crippen molar-refractivity contribution in [2.24, 2.45) is 11.7 Å². The molecular formula is C20H22N2O3. The summed E-state index contributed by atoms with van der Waals surface area (Å²) >= 11 is 0. The summed E-state index contributed by atoms with van der Waals surface area (Å²) < 4.78 is 5.42. The van der Waals surface area contributed by atoms with Gasteiger partial charge in [0.2, 0.25) is 0 Å². The Morgan fingerprint density at radius 1 is 1.16 bits per heavy atom. The van der Waals surface area contributed by atoms with Crippen LogP contribution in [0.15, 0.2) is 48.5 Å². The molecule has 130 valence electrons. The second-order valence-corrected chi connectivity index (χ2v) is 6.58. The van der Waals surface area contributed by atoms with E-state index in [1.54, 1.807) is 29.2 Å². The van der Waals surface area contributed by atoms with Gasteiger partial charge in [-0.1, -0.05) is 44.2 Å². The van der Waals surface area contributed by atoms with Crippen LogP contribution in [-0.4, -0.2) is 25.0 Å². The highest BCUT2D eigenvalue weighted by molar-refractivity contribution is 6.09. The normalized spacial score (nSPS) is 16.0. The lowest BCUT2D eigenvalue weighted by molar-refractivity contribution is -0.119. The number of anilines is 1. The van der Waals surface area contributed by atoms with Gasteiger partial charge < -0.3 is 15.4 Å². The fourth-order valence-electron chi connectivity index (χ4n) is 3.27. The largest absolute Gasteiger partial charge is 0.483 e. The average Bonchev–Trinajstić information content (AvgIpc) is 2.99. The number of fused-ring (bicyclic) bond motifs is 1. The van der Waals surface area contributed by atoms with Crippen LogP contribution in [0, 0.1) is 5.92 Å². The Morgan fingerprint density at radius 3 is 2.56 bits per heavy atom. The first-order valence-corrected chi connectivity index (χ1v) is 8.40. The molecule has 1 heterocycles. The van der Waals surface area contributed by atoms with Gasteiger partial charge in [-0.25, -0.2) is 0 Å². The smallest absolute Gasteiger partial charge is 0.262 e. The van der Waals surface area contributed by atoms with E-state index in [4.69, 9.17) is 10.5 Å². The molecule has 0 fully saturated rings. The Hall–Kier alpha value is -2.82. The predicted molar refractivity (Wildman–Crippen MR) is 96.8 cm³/mol. The molecular weight excluding hydrogens is 316 g/mol. The van der Waals surface area contributed by atoms with Crippen LogP contribution in [0.1, 0.15) is 35.7 Å². The van der Waals surface area contributed by atoms with Gasteiger partial charge >= 0.3 is 0 Å². The molecule has 0 aliphatic carbocycles. The predicted octanol–water partition coefficient (Wildman–Crippen LogP) is 2.95. The Labute approximate surface area is 147 Å². The Morgan fingerprint density at radius 2 is 1.84 bits per heavy atom. The monoisotopic (exact) mass is 338 g/mol. The van der Waals surface area contributed by atoms with Crippen LogP contribution in [0.2, 0.25) is 0 Å². The molecule has 3 rings (SSSR count). The van der Waals surface area contributed by atoms with Gasteiger partial charge in [-0.3, -0.25) is 9.59 Å². The van der Waals surface area contributed by atoms with E-state index in [9.17, 15) is 9.59 Å². The average molecular weight is 338 g/mol. The van der Waals surface area contributed by atoms with E-state index in [1.165, 1.54) is 5.56 Å². The van der Waals surface area contributed by atoms with Crippen molar-refractivity contribution in [1.29, 1.82) is 0 Å². The fraction of sp³-hybridized carbons (Fsp3) is 0.300. The first-order valence-electron chi connectivity index (χ1n) is 8.40. The first kappa shape index (κ1) is 17.0. The lowest BCUT2D eigenvalue weighted by Gasteiger charge is -2.20. The number of hydrogen-bond acceptors (Lipinski definition) is 3. The van der Waals surface area contributed by atoms with Gasteiger partial charge in [0.15, 0.2) is 6.61 Å². The van der Waals surface area contributed by atoms with Crippen LogP contribution in [0.4, 0.5) is 5.69 Å². The molecule has 1 aliphatic rings. The number of nitrogens with zero attached hydrogens (tertiary/aromatic N) is 1. The maximum Gasteiger partial charge on any atom is 0.262 e. The number of ether oxygens (including phenoxy) is 1. The van der Waals surface area contributed by atoms with Crippen molar-refractivity contribution in [3.63, 3.8) is 0 Å². The summed E-state index contributed by atoms with van der Waals surface area (Å²) in [6.45, 7) is 4.72.